The Kier molecular flexibility index (Phi) is 5.26. The first kappa shape index (κ1) is 15.9. The van der Waals surface area contributed by atoms with E-state index in [4.69, 9.17) is 16.3 Å². The highest BCUT2D eigenvalue weighted by molar-refractivity contribution is 9.10. The highest BCUT2D eigenvalue weighted by atomic mass is 79.9. The number of hydrogen-bond acceptors (Lipinski definition) is 2. The molecule has 0 saturated heterocycles. The SMILES string of the molecule is CC(C)Oc1ccc(NC(=O)c2cc(Cl)ccc2Br)cc1. The van der Waals surface area contributed by atoms with Crippen molar-refractivity contribution < 1.29 is 9.53 Å². The second-order valence-corrected chi connectivity index (χ2v) is 6.06. The summed E-state index contributed by atoms with van der Waals surface area (Å²) in [5, 5.41) is 3.34. The fourth-order valence-electron chi connectivity index (χ4n) is 1.76. The predicted octanol–water partition coefficient (Wildman–Crippen LogP) is 5.14. The summed E-state index contributed by atoms with van der Waals surface area (Å²) in [5.41, 5.74) is 1.19. The summed E-state index contributed by atoms with van der Waals surface area (Å²) in [6.45, 7) is 3.93. The van der Waals surface area contributed by atoms with Crippen molar-refractivity contribution in [2.24, 2.45) is 0 Å². The van der Waals surface area contributed by atoms with Crippen LogP contribution in [0.15, 0.2) is 46.9 Å². The summed E-state index contributed by atoms with van der Waals surface area (Å²) in [6.07, 6.45) is 0.118. The van der Waals surface area contributed by atoms with E-state index in [1.54, 1.807) is 30.3 Å². The molecule has 0 aromatic heterocycles. The molecule has 2 aromatic carbocycles. The second kappa shape index (κ2) is 6.96. The lowest BCUT2D eigenvalue weighted by Gasteiger charge is -2.11. The number of amides is 1. The van der Waals surface area contributed by atoms with Gasteiger partial charge in [-0.3, -0.25) is 4.79 Å². The number of halogens is 2. The van der Waals surface area contributed by atoms with Crippen LogP contribution in [0.25, 0.3) is 0 Å². The molecule has 110 valence electrons. The maximum Gasteiger partial charge on any atom is 0.256 e. The third-order valence-corrected chi connectivity index (χ3v) is 3.58. The molecule has 0 radical (unpaired) electrons. The van der Waals surface area contributed by atoms with Gasteiger partial charge in [0, 0.05) is 15.2 Å². The van der Waals surface area contributed by atoms with Crippen molar-refractivity contribution in [3.63, 3.8) is 0 Å². The molecule has 21 heavy (non-hydrogen) atoms. The number of carbonyl (C=O) groups is 1. The van der Waals surface area contributed by atoms with E-state index in [2.05, 4.69) is 21.2 Å². The van der Waals surface area contributed by atoms with Crippen molar-refractivity contribution >= 4 is 39.1 Å². The fourth-order valence-corrected chi connectivity index (χ4v) is 2.36. The van der Waals surface area contributed by atoms with Crippen LogP contribution in [-0.4, -0.2) is 12.0 Å². The number of hydrogen-bond donors (Lipinski definition) is 1. The topological polar surface area (TPSA) is 38.3 Å². The maximum atomic E-state index is 12.2. The Morgan fingerprint density at radius 2 is 1.86 bits per heavy atom. The van der Waals surface area contributed by atoms with Crippen LogP contribution in [0.5, 0.6) is 5.75 Å². The van der Waals surface area contributed by atoms with Crippen LogP contribution >= 0.6 is 27.5 Å². The first-order chi connectivity index (χ1) is 9.95. The van der Waals surface area contributed by atoms with Crippen LogP contribution < -0.4 is 10.1 Å². The first-order valence-corrected chi connectivity index (χ1v) is 7.66. The summed E-state index contributed by atoms with van der Waals surface area (Å²) in [4.78, 5) is 12.2. The van der Waals surface area contributed by atoms with Crippen molar-refractivity contribution in [1.29, 1.82) is 0 Å². The Bertz CT molecular complexity index is 641. The molecule has 2 aromatic rings. The Labute approximate surface area is 137 Å². The van der Waals surface area contributed by atoms with Crippen molar-refractivity contribution in [3.05, 3.63) is 57.5 Å². The molecule has 0 heterocycles. The van der Waals surface area contributed by atoms with E-state index in [0.717, 1.165) is 5.75 Å². The summed E-state index contributed by atoms with van der Waals surface area (Å²) in [6, 6.07) is 12.3. The van der Waals surface area contributed by atoms with Gasteiger partial charge in [-0.25, -0.2) is 0 Å². The molecule has 0 aliphatic carbocycles. The molecule has 1 N–H and O–H groups in total. The summed E-state index contributed by atoms with van der Waals surface area (Å²) in [7, 11) is 0. The highest BCUT2D eigenvalue weighted by Gasteiger charge is 2.11. The number of anilines is 1. The number of carbonyl (C=O) groups excluding carboxylic acids is 1. The molecule has 0 bridgehead atoms. The highest BCUT2D eigenvalue weighted by Crippen LogP contribution is 2.23. The van der Waals surface area contributed by atoms with E-state index in [9.17, 15) is 4.79 Å². The summed E-state index contributed by atoms with van der Waals surface area (Å²) in [5.74, 6) is 0.550. The normalized spacial score (nSPS) is 10.5. The van der Waals surface area contributed by atoms with Crippen LogP contribution in [0.2, 0.25) is 5.02 Å². The molecule has 3 nitrogen and oxygen atoms in total. The second-order valence-electron chi connectivity index (χ2n) is 4.77. The van der Waals surface area contributed by atoms with Crippen molar-refractivity contribution in [1.82, 2.24) is 0 Å². The minimum atomic E-state index is -0.220. The Balaban J connectivity index is 2.10. The van der Waals surface area contributed by atoms with E-state index in [1.165, 1.54) is 0 Å². The number of ether oxygens (including phenoxy) is 1. The lowest BCUT2D eigenvalue weighted by atomic mass is 10.2. The van der Waals surface area contributed by atoms with Gasteiger partial charge < -0.3 is 10.1 Å². The smallest absolute Gasteiger partial charge is 0.256 e. The minimum absolute atomic E-state index is 0.118. The van der Waals surface area contributed by atoms with Gasteiger partial charge in [0.2, 0.25) is 0 Å². The molecule has 0 fully saturated rings. The molecule has 2 rings (SSSR count). The first-order valence-electron chi connectivity index (χ1n) is 6.49. The monoisotopic (exact) mass is 367 g/mol. The van der Waals surface area contributed by atoms with E-state index < -0.39 is 0 Å². The average Bonchev–Trinajstić information content (AvgIpc) is 2.43. The van der Waals surface area contributed by atoms with Crippen LogP contribution in [0.1, 0.15) is 24.2 Å². The third-order valence-electron chi connectivity index (χ3n) is 2.66. The summed E-state index contributed by atoms with van der Waals surface area (Å²) < 4.78 is 6.25. The zero-order chi connectivity index (χ0) is 15.4. The van der Waals surface area contributed by atoms with Gasteiger partial charge in [-0.1, -0.05) is 11.6 Å². The molecule has 1 amide bonds. The quantitative estimate of drug-likeness (QED) is 0.811. The van der Waals surface area contributed by atoms with Gasteiger partial charge in [-0.2, -0.15) is 0 Å². The molecular formula is C16H15BrClNO2. The van der Waals surface area contributed by atoms with Gasteiger partial charge in [0.1, 0.15) is 5.75 Å². The third kappa shape index (κ3) is 4.48. The average molecular weight is 369 g/mol. The maximum absolute atomic E-state index is 12.2. The van der Waals surface area contributed by atoms with Crippen LogP contribution in [0.4, 0.5) is 5.69 Å². The lowest BCUT2D eigenvalue weighted by Crippen LogP contribution is -2.12. The molecular weight excluding hydrogens is 354 g/mol. The fraction of sp³-hybridized carbons (Fsp3) is 0.188. The van der Waals surface area contributed by atoms with Crippen LogP contribution in [-0.2, 0) is 0 Å². The molecule has 5 heteroatoms. The van der Waals surface area contributed by atoms with Crippen LogP contribution in [0, 0.1) is 0 Å². The largest absolute Gasteiger partial charge is 0.491 e. The molecule has 0 unspecified atom stereocenters. The number of nitrogens with one attached hydrogen (secondary N) is 1. The number of rotatable bonds is 4. The Hall–Kier alpha value is -1.52. The van der Waals surface area contributed by atoms with Crippen molar-refractivity contribution in [2.75, 3.05) is 5.32 Å². The molecule has 0 aliphatic heterocycles. The van der Waals surface area contributed by atoms with Gasteiger partial charge in [0.25, 0.3) is 5.91 Å². The van der Waals surface area contributed by atoms with Gasteiger partial charge >= 0.3 is 0 Å². The van der Waals surface area contributed by atoms with Crippen molar-refractivity contribution in [2.45, 2.75) is 20.0 Å². The van der Waals surface area contributed by atoms with Gasteiger partial charge in [-0.05, 0) is 72.2 Å². The molecule has 0 saturated carbocycles. The minimum Gasteiger partial charge on any atom is -0.491 e. The van der Waals surface area contributed by atoms with Gasteiger partial charge in [-0.15, -0.1) is 0 Å². The lowest BCUT2D eigenvalue weighted by molar-refractivity contribution is 0.102. The van der Waals surface area contributed by atoms with Crippen molar-refractivity contribution in [3.8, 4) is 5.75 Å². The van der Waals surface area contributed by atoms with Gasteiger partial charge in [0.15, 0.2) is 0 Å². The summed E-state index contributed by atoms with van der Waals surface area (Å²) >= 11 is 9.26. The number of benzene rings is 2. The standard InChI is InChI=1S/C16H15BrClNO2/c1-10(2)21-13-6-4-12(5-7-13)19-16(20)14-9-11(18)3-8-15(14)17/h3-10H,1-2H3,(H,19,20). The Morgan fingerprint density at radius 3 is 2.48 bits per heavy atom. The van der Waals surface area contributed by atoms with Crippen LogP contribution in [0.3, 0.4) is 0 Å². The zero-order valence-electron chi connectivity index (χ0n) is 11.7. The van der Waals surface area contributed by atoms with E-state index in [0.29, 0.717) is 20.7 Å². The van der Waals surface area contributed by atoms with Gasteiger partial charge in [0.05, 0.1) is 11.7 Å². The van der Waals surface area contributed by atoms with E-state index in [1.807, 2.05) is 26.0 Å². The Morgan fingerprint density at radius 1 is 1.19 bits per heavy atom. The zero-order valence-corrected chi connectivity index (χ0v) is 14.0. The molecule has 0 atom stereocenters. The predicted molar refractivity (Wildman–Crippen MR) is 89.3 cm³/mol. The molecule has 0 aliphatic rings. The molecule has 0 spiro atoms. The van der Waals surface area contributed by atoms with E-state index in [-0.39, 0.29) is 12.0 Å². The van der Waals surface area contributed by atoms with E-state index >= 15 is 0 Å².